The summed E-state index contributed by atoms with van der Waals surface area (Å²) in [7, 11) is 0. The Morgan fingerprint density at radius 1 is 1.16 bits per heavy atom. The molecular formula is C15H13ClN2O. The van der Waals surface area contributed by atoms with Crippen molar-refractivity contribution in [2.24, 2.45) is 0 Å². The third kappa shape index (κ3) is 3.90. The molecule has 0 unspecified atom stereocenters. The normalized spacial score (nSPS) is 9.68. The van der Waals surface area contributed by atoms with Crippen LogP contribution in [0.1, 0.15) is 5.56 Å². The average Bonchev–Trinajstić information content (AvgIpc) is 2.45. The SMILES string of the molecule is N#Cc1ccc(Cl)cc1NCCOc1ccccc1. The van der Waals surface area contributed by atoms with E-state index in [1.54, 1.807) is 18.2 Å². The van der Waals surface area contributed by atoms with Crippen LogP contribution >= 0.6 is 11.6 Å². The van der Waals surface area contributed by atoms with Crippen LogP contribution in [0.2, 0.25) is 5.02 Å². The maximum absolute atomic E-state index is 8.98. The summed E-state index contributed by atoms with van der Waals surface area (Å²) in [6, 6.07) is 16.9. The molecule has 0 radical (unpaired) electrons. The Kier molecular flexibility index (Phi) is 4.66. The van der Waals surface area contributed by atoms with Crippen LogP contribution in [0, 0.1) is 11.3 Å². The molecule has 1 N–H and O–H groups in total. The number of halogens is 1. The van der Waals surface area contributed by atoms with E-state index in [4.69, 9.17) is 21.6 Å². The Bertz CT molecular complexity index is 578. The molecule has 2 aromatic carbocycles. The Balaban J connectivity index is 1.86. The molecule has 0 heterocycles. The van der Waals surface area contributed by atoms with Gasteiger partial charge in [0, 0.05) is 11.6 Å². The second kappa shape index (κ2) is 6.67. The van der Waals surface area contributed by atoms with Gasteiger partial charge in [-0.25, -0.2) is 0 Å². The minimum absolute atomic E-state index is 0.515. The Labute approximate surface area is 117 Å². The second-order valence-corrected chi connectivity index (χ2v) is 4.33. The van der Waals surface area contributed by atoms with Crippen molar-refractivity contribution in [1.82, 2.24) is 0 Å². The van der Waals surface area contributed by atoms with Crippen molar-refractivity contribution in [3.63, 3.8) is 0 Å². The number of hydrogen-bond donors (Lipinski definition) is 1. The van der Waals surface area contributed by atoms with Gasteiger partial charge in [0.05, 0.1) is 11.3 Å². The molecule has 0 aliphatic carbocycles. The minimum atomic E-state index is 0.515. The third-order valence-electron chi connectivity index (χ3n) is 2.53. The highest BCUT2D eigenvalue weighted by Crippen LogP contribution is 2.20. The van der Waals surface area contributed by atoms with E-state index in [0.717, 1.165) is 11.4 Å². The molecule has 0 saturated heterocycles. The van der Waals surface area contributed by atoms with Gasteiger partial charge >= 0.3 is 0 Å². The molecule has 0 bridgehead atoms. The van der Waals surface area contributed by atoms with Crippen LogP contribution in [0.5, 0.6) is 5.75 Å². The van der Waals surface area contributed by atoms with Crippen LogP contribution < -0.4 is 10.1 Å². The molecule has 19 heavy (non-hydrogen) atoms. The van der Waals surface area contributed by atoms with Gasteiger partial charge in [0.1, 0.15) is 18.4 Å². The van der Waals surface area contributed by atoms with Gasteiger partial charge in [-0.3, -0.25) is 0 Å². The first kappa shape index (κ1) is 13.3. The molecule has 0 atom stereocenters. The largest absolute Gasteiger partial charge is 0.492 e. The molecule has 2 aromatic rings. The zero-order chi connectivity index (χ0) is 13.5. The molecule has 3 nitrogen and oxygen atoms in total. The van der Waals surface area contributed by atoms with Gasteiger partial charge in [0.2, 0.25) is 0 Å². The van der Waals surface area contributed by atoms with E-state index in [0.29, 0.717) is 23.7 Å². The van der Waals surface area contributed by atoms with E-state index in [-0.39, 0.29) is 0 Å². The molecule has 0 fully saturated rings. The lowest BCUT2D eigenvalue weighted by Gasteiger charge is -2.10. The van der Waals surface area contributed by atoms with Gasteiger partial charge in [-0.15, -0.1) is 0 Å². The van der Waals surface area contributed by atoms with Gasteiger partial charge in [-0.2, -0.15) is 5.26 Å². The van der Waals surface area contributed by atoms with Crippen LogP contribution in [0.3, 0.4) is 0 Å². The van der Waals surface area contributed by atoms with Gasteiger partial charge in [0.15, 0.2) is 0 Å². The zero-order valence-electron chi connectivity index (χ0n) is 10.3. The molecule has 96 valence electrons. The first-order valence-corrected chi connectivity index (χ1v) is 6.29. The second-order valence-electron chi connectivity index (χ2n) is 3.89. The summed E-state index contributed by atoms with van der Waals surface area (Å²) >= 11 is 5.90. The topological polar surface area (TPSA) is 45.0 Å². The summed E-state index contributed by atoms with van der Waals surface area (Å²) in [6.07, 6.45) is 0. The van der Waals surface area contributed by atoms with Crippen molar-refractivity contribution >= 4 is 17.3 Å². The number of nitrogens with zero attached hydrogens (tertiary/aromatic N) is 1. The van der Waals surface area contributed by atoms with E-state index < -0.39 is 0 Å². The van der Waals surface area contributed by atoms with Crippen molar-refractivity contribution in [3.05, 3.63) is 59.1 Å². The smallest absolute Gasteiger partial charge is 0.119 e. The highest BCUT2D eigenvalue weighted by atomic mass is 35.5. The fourth-order valence-corrected chi connectivity index (χ4v) is 1.80. The zero-order valence-corrected chi connectivity index (χ0v) is 11.0. The van der Waals surface area contributed by atoms with Gasteiger partial charge in [-0.1, -0.05) is 29.8 Å². The van der Waals surface area contributed by atoms with E-state index in [1.807, 2.05) is 30.3 Å². The molecule has 0 saturated carbocycles. The molecule has 0 spiro atoms. The van der Waals surface area contributed by atoms with Crippen molar-refractivity contribution in [3.8, 4) is 11.8 Å². The maximum Gasteiger partial charge on any atom is 0.119 e. The number of hydrogen-bond acceptors (Lipinski definition) is 3. The van der Waals surface area contributed by atoms with Gasteiger partial charge < -0.3 is 10.1 Å². The average molecular weight is 273 g/mol. The molecule has 0 amide bonds. The number of nitriles is 1. The van der Waals surface area contributed by atoms with Crippen LogP contribution in [0.15, 0.2) is 48.5 Å². The van der Waals surface area contributed by atoms with Crippen LogP contribution in [0.4, 0.5) is 5.69 Å². The number of nitrogens with one attached hydrogen (secondary N) is 1. The summed E-state index contributed by atoms with van der Waals surface area (Å²) in [5, 5.41) is 12.7. The molecule has 4 heteroatoms. The Morgan fingerprint density at radius 2 is 1.95 bits per heavy atom. The van der Waals surface area contributed by atoms with Crippen molar-refractivity contribution in [2.45, 2.75) is 0 Å². The maximum atomic E-state index is 8.98. The van der Waals surface area contributed by atoms with Crippen molar-refractivity contribution in [2.75, 3.05) is 18.5 Å². The van der Waals surface area contributed by atoms with Crippen molar-refractivity contribution in [1.29, 1.82) is 5.26 Å². The van der Waals surface area contributed by atoms with Gasteiger partial charge in [-0.05, 0) is 30.3 Å². The molecule has 0 aliphatic heterocycles. The lowest BCUT2D eigenvalue weighted by molar-refractivity contribution is 0.333. The summed E-state index contributed by atoms with van der Waals surface area (Å²) in [4.78, 5) is 0. The third-order valence-corrected chi connectivity index (χ3v) is 2.77. The number of ether oxygens (including phenoxy) is 1. The van der Waals surface area contributed by atoms with E-state index >= 15 is 0 Å². The fourth-order valence-electron chi connectivity index (χ4n) is 1.63. The van der Waals surface area contributed by atoms with E-state index in [2.05, 4.69) is 11.4 Å². The quantitative estimate of drug-likeness (QED) is 0.844. The summed E-state index contributed by atoms with van der Waals surface area (Å²) in [5.74, 6) is 0.830. The minimum Gasteiger partial charge on any atom is -0.492 e. The fraction of sp³-hybridized carbons (Fsp3) is 0.133. The summed E-state index contributed by atoms with van der Waals surface area (Å²) < 4.78 is 5.55. The number of rotatable bonds is 5. The predicted octanol–water partition coefficient (Wildman–Crippen LogP) is 3.70. The van der Waals surface area contributed by atoms with Crippen molar-refractivity contribution < 1.29 is 4.74 Å². The van der Waals surface area contributed by atoms with E-state index in [9.17, 15) is 0 Å². The molecular weight excluding hydrogens is 260 g/mol. The molecule has 0 aliphatic rings. The van der Waals surface area contributed by atoms with Gasteiger partial charge in [0.25, 0.3) is 0 Å². The first-order valence-electron chi connectivity index (χ1n) is 5.91. The lowest BCUT2D eigenvalue weighted by atomic mass is 10.2. The number of para-hydroxylation sites is 1. The Hall–Kier alpha value is -2.18. The number of anilines is 1. The van der Waals surface area contributed by atoms with E-state index in [1.165, 1.54) is 0 Å². The summed E-state index contributed by atoms with van der Waals surface area (Å²) in [5.41, 5.74) is 1.30. The highest BCUT2D eigenvalue weighted by molar-refractivity contribution is 6.30. The Morgan fingerprint density at radius 3 is 2.68 bits per heavy atom. The first-order chi connectivity index (χ1) is 9.29. The lowest BCUT2D eigenvalue weighted by Crippen LogP contribution is -2.12. The monoisotopic (exact) mass is 272 g/mol. The predicted molar refractivity (Wildman–Crippen MR) is 76.6 cm³/mol. The molecule has 2 rings (SSSR count). The molecule has 0 aromatic heterocycles. The highest BCUT2D eigenvalue weighted by Gasteiger charge is 2.02. The van der Waals surface area contributed by atoms with Crippen LogP contribution in [-0.2, 0) is 0 Å². The standard InChI is InChI=1S/C15H13ClN2O/c16-13-7-6-12(11-17)15(10-13)18-8-9-19-14-4-2-1-3-5-14/h1-7,10,18H,8-9H2. The summed E-state index contributed by atoms with van der Waals surface area (Å²) in [6.45, 7) is 1.12. The van der Waals surface area contributed by atoms with Crippen LogP contribution in [0.25, 0.3) is 0 Å². The number of benzene rings is 2. The van der Waals surface area contributed by atoms with Crippen LogP contribution in [-0.4, -0.2) is 13.2 Å².